The van der Waals surface area contributed by atoms with Crippen LogP contribution in [0.4, 0.5) is 11.7 Å². The summed E-state index contributed by atoms with van der Waals surface area (Å²) in [6, 6.07) is 23.1. The summed E-state index contributed by atoms with van der Waals surface area (Å²) in [4.78, 5) is 4.52. The molecule has 1 aromatic heterocycles. The molecule has 3 aromatic carbocycles. The molecule has 0 spiro atoms. The molecule has 0 radical (unpaired) electrons. The number of anilines is 2. The predicted octanol–water partition coefficient (Wildman–Crippen LogP) is 6.86. The molecular formula is C25H22BrN3O2. The molecule has 0 amide bonds. The van der Waals surface area contributed by atoms with Crippen LogP contribution >= 0.6 is 15.9 Å². The van der Waals surface area contributed by atoms with Crippen molar-refractivity contribution in [2.75, 3.05) is 11.9 Å². The minimum atomic E-state index is 0.266. The molecule has 0 saturated carbocycles. The van der Waals surface area contributed by atoms with Crippen LogP contribution in [0.1, 0.15) is 35.4 Å². The lowest BCUT2D eigenvalue weighted by Crippen LogP contribution is -2.03. The van der Waals surface area contributed by atoms with E-state index in [0.717, 1.165) is 39.9 Å². The van der Waals surface area contributed by atoms with Crippen LogP contribution < -0.4 is 10.1 Å². The summed E-state index contributed by atoms with van der Waals surface area (Å²) < 4.78 is 12.6. The van der Waals surface area contributed by atoms with E-state index in [4.69, 9.17) is 9.26 Å². The van der Waals surface area contributed by atoms with Gasteiger partial charge in [0.15, 0.2) is 0 Å². The Morgan fingerprint density at radius 2 is 1.84 bits per heavy atom. The number of fused-ring (bicyclic) bond motifs is 1. The normalized spacial score (nSPS) is 15.6. The standard InChI is InChI=1S/C25H22BrN3O2/c1-16-9-11-18(12-10-16)24-28-25(31-29-24)27-22-15-19(26)14-21-20(8-5-13-30-23(21)22)17-6-3-2-4-7-17/h2-4,6-7,9-12,14-15,20H,5,8,13H2,1H3,(H,27,28,29). The van der Waals surface area contributed by atoms with Crippen molar-refractivity contribution in [1.29, 1.82) is 0 Å². The molecule has 1 aliphatic rings. The fourth-order valence-electron chi connectivity index (χ4n) is 3.99. The Hall–Kier alpha value is -3.12. The Kier molecular flexibility index (Phi) is 5.47. The second-order valence-electron chi connectivity index (χ2n) is 7.74. The van der Waals surface area contributed by atoms with Gasteiger partial charge in [-0.15, -0.1) is 0 Å². The van der Waals surface area contributed by atoms with Crippen LogP contribution in [-0.4, -0.2) is 16.7 Å². The van der Waals surface area contributed by atoms with Gasteiger partial charge in [0.25, 0.3) is 0 Å². The minimum absolute atomic E-state index is 0.266. The van der Waals surface area contributed by atoms with Crippen molar-refractivity contribution in [2.24, 2.45) is 0 Å². The third-order valence-corrected chi connectivity index (χ3v) is 5.98. The van der Waals surface area contributed by atoms with Crippen molar-refractivity contribution in [3.63, 3.8) is 0 Å². The Balaban J connectivity index is 1.50. The molecule has 0 fully saturated rings. The molecule has 4 aromatic rings. The molecule has 156 valence electrons. The first-order chi connectivity index (χ1) is 15.2. The van der Waals surface area contributed by atoms with Crippen molar-refractivity contribution in [3.05, 3.63) is 87.9 Å². The average Bonchev–Trinajstić information content (AvgIpc) is 3.13. The molecule has 1 atom stereocenters. The van der Waals surface area contributed by atoms with Crippen LogP contribution in [0.25, 0.3) is 11.4 Å². The highest BCUT2D eigenvalue weighted by atomic mass is 79.9. The highest BCUT2D eigenvalue weighted by molar-refractivity contribution is 9.10. The first-order valence-electron chi connectivity index (χ1n) is 10.4. The highest BCUT2D eigenvalue weighted by Crippen LogP contribution is 2.44. The summed E-state index contributed by atoms with van der Waals surface area (Å²) in [7, 11) is 0. The first kappa shape index (κ1) is 19.8. The van der Waals surface area contributed by atoms with Gasteiger partial charge >= 0.3 is 6.01 Å². The van der Waals surface area contributed by atoms with Gasteiger partial charge in [0, 0.05) is 21.5 Å². The van der Waals surface area contributed by atoms with Crippen LogP contribution in [-0.2, 0) is 0 Å². The third kappa shape index (κ3) is 4.21. The SMILES string of the molecule is Cc1ccc(-c2noc(Nc3cc(Br)cc4c3OCCCC4c3ccccc3)n2)cc1. The summed E-state index contributed by atoms with van der Waals surface area (Å²) in [5.41, 5.74) is 5.35. The van der Waals surface area contributed by atoms with Crippen molar-refractivity contribution in [1.82, 2.24) is 10.1 Å². The van der Waals surface area contributed by atoms with E-state index in [1.807, 2.05) is 36.4 Å². The first-order valence-corrected chi connectivity index (χ1v) is 11.2. The summed E-state index contributed by atoms with van der Waals surface area (Å²) in [6.45, 7) is 2.72. The minimum Gasteiger partial charge on any atom is -0.491 e. The molecule has 0 bridgehead atoms. The number of ether oxygens (including phenoxy) is 1. The second-order valence-corrected chi connectivity index (χ2v) is 8.66. The molecule has 0 aliphatic carbocycles. The number of nitrogens with one attached hydrogen (secondary N) is 1. The molecule has 5 rings (SSSR count). The number of nitrogens with zero attached hydrogens (tertiary/aromatic N) is 2. The Morgan fingerprint density at radius 1 is 1.03 bits per heavy atom. The van der Waals surface area contributed by atoms with Crippen LogP contribution in [0.5, 0.6) is 5.75 Å². The van der Waals surface area contributed by atoms with Gasteiger partial charge < -0.3 is 14.6 Å². The number of aromatic nitrogens is 2. The highest BCUT2D eigenvalue weighted by Gasteiger charge is 2.25. The van der Waals surface area contributed by atoms with Crippen molar-refractivity contribution < 1.29 is 9.26 Å². The molecule has 6 heteroatoms. The molecule has 2 heterocycles. The zero-order valence-electron chi connectivity index (χ0n) is 17.1. The van der Waals surface area contributed by atoms with E-state index in [0.29, 0.717) is 18.4 Å². The molecule has 0 saturated heterocycles. The topological polar surface area (TPSA) is 60.2 Å². The largest absolute Gasteiger partial charge is 0.491 e. The lowest BCUT2D eigenvalue weighted by molar-refractivity contribution is 0.317. The molecule has 5 nitrogen and oxygen atoms in total. The maximum Gasteiger partial charge on any atom is 0.326 e. The lowest BCUT2D eigenvalue weighted by Gasteiger charge is -2.20. The van der Waals surface area contributed by atoms with Crippen LogP contribution in [0.2, 0.25) is 0 Å². The van der Waals surface area contributed by atoms with Crippen LogP contribution in [0, 0.1) is 6.92 Å². The molecular weight excluding hydrogens is 454 g/mol. The Bertz CT molecular complexity index is 1190. The van der Waals surface area contributed by atoms with E-state index in [1.54, 1.807) is 0 Å². The van der Waals surface area contributed by atoms with Gasteiger partial charge in [-0.25, -0.2) is 0 Å². The van der Waals surface area contributed by atoms with Crippen LogP contribution in [0.3, 0.4) is 0 Å². The predicted molar refractivity (Wildman–Crippen MR) is 125 cm³/mol. The maximum absolute atomic E-state index is 6.19. The number of hydrogen-bond acceptors (Lipinski definition) is 5. The molecule has 1 unspecified atom stereocenters. The average molecular weight is 476 g/mol. The summed E-state index contributed by atoms with van der Waals surface area (Å²) in [5, 5.41) is 7.41. The van der Waals surface area contributed by atoms with Crippen molar-refractivity contribution in [3.8, 4) is 17.1 Å². The van der Waals surface area contributed by atoms with E-state index in [2.05, 4.69) is 68.6 Å². The van der Waals surface area contributed by atoms with E-state index in [1.165, 1.54) is 11.1 Å². The second kappa shape index (κ2) is 8.55. The number of benzene rings is 3. The molecule has 31 heavy (non-hydrogen) atoms. The fourth-order valence-corrected chi connectivity index (χ4v) is 4.46. The number of hydrogen-bond donors (Lipinski definition) is 1. The Labute approximate surface area is 189 Å². The van der Waals surface area contributed by atoms with E-state index < -0.39 is 0 Å². The maximum atomic E-state index is 6.19. The number of aryl methyl sites for hydroxylation is 1. The van der Waals surface area contributed by atoms with Gasteiger partial charge in [0.1, 0.15) is 5.75 Å². The zero-order chi connectivity index (χ0) is 21.2. The smallest absolute Gasteiger partial charge is 0.326 e. The van der Waals surface area contributed by atoms with Gasteiger partial charge in [-0.05, 0) is 37.5 Å². The number of rotatable bonds is 4. The van der Waals surface area contributed by atoms with E-state index in [-0.39, 0.29) is 5.92 Å². The van der Waals surface area contributed by atoms with Gasteiger partial charge in [0.2, 0.25) is 5.82 Å². The zero-order valence-corrected chi connectivity index (χ0v) is 18.7. The monoisotopic (exact) mass is 475 g/mol. The quantitative estimate of drug-likeness (QED) is 0.349. The van der Waals surface area contributed by atoms with Crippen LogP contribution in [0.15, 0.2) is 75.7 Å². The fraction of sp³-hybridized carbons (Fsp3) is 0.200. The van der Waals surface area contributed by atoms with Gasteiger partial charge in [0.05, 0.1) is 12.3 Å². The van der Waals surface area contributed by atoms with E-state index >= 15 is 0 Å². The van der Waals surface area contributed by atoms with Gasteiger partial charge in [-0.3, -0.25) is 0 Å². The lowest BCUT2D eigenvalue weighted by atomic mass is 9.87. The Morgan fingerprint density at radius 3 is 2.65 bits per heavy atom. The summed E-state index contributed by atoms with van der Waals surface area (Å²) in [5.74, 6) is 1.65. The van der Waals surface area contributed by atoms with E-state index in [9.17, 15) is 0 Å². The summed E-state index contributed by atoms with van der Waals surface area (Å²) in [6.07, 6.45) is 2.02. The van der Waals surface area contributed by atoms with Crippen molar-refractivity contribution in [2.45, 2.75) is 25.7 Å². The molecule has 1 N–H and O–H groups in total. The third-order valence-electron chi connectivity index (χ3n) is 5.52. The summed E-state index contributed by atoms with van der Waals surface area (Å²) >= 11 is 3.67. The van der Waals surface area contributed by atoms with Crippen molar-refractivity contribution >= 4 is 27.6 Å². The van der Waals surface area contributed by atoms with Gasteiger partial charge in [-0.1, -0.05) is 81.2 Å². The van der Waals surface area contributed by atoms with Gasteiger partial charge in [-0.2, -0.15) is 4.98 Å². The molecule has 1 aliphatic heterocycles. The number of halogens is 1.